The second kappa shape index (κ2) is 9.72. The molecule has 1 unspecified atom stereocenters. The summed E-state index contributed by atoms with van der Waals surface area (Å²) in [7, 11) is -3.97. The Kier molecular flexibility index (Phi) is 6.71. The third-order valence-corrected chi connectivity index (χ3v) is 8.38. The van der Waals surface area contributed by atoms with Gasteiger partial charge in [0, 0.05) is 34.9 Å². The Morgan fingerprint density at radius 3 is 2.03 bits per heavy atom. The number of rotatable bonds is 4. The highest BCUT2D eigenvalue weighted by Crippen LogP contribution is 2.35. The first-order valence-electron chi connectivity index (χ1n) is 12.7. The molecule has 0 spiro atoms. The van der Waals surface area contributed by atoms with Crippen molar-refractivity contribution in [2.24, 2.45) is 0 Å². The Hall–Kier alpha value is -3.40. The zero-order valence-corrected chi connectivity index (χ0v) is 22.8. The van der Waals surface area contributed by atoms with E-state index in [1.165, 1.54) is 17.0 Å². The number of carbonyl (C=O) groups excluding carboxylic acids is 1. The molecule has 2 heterocycles. The molecule has 0 bridgehead atoms. The molecule has 1 saturated heterocycles. The number of aromatic nitrogens is 1. The number of aryl methyl sites for hydroxylation is 1. The van der Waals surface area contributed by atoms with E-state index in [4.69, 9.17) is 4.74 Å². The van der Waals surface area contributed by atoms with Crippen LogP contribution in [0.25, 0.3) is 21.8 Å². The Bertz CT molecular complexity index is 1540. The molecule has 38 heavy (non-hydrogen) atoms. The summed E-state index contributed by atoms with van der Waals surface area (Å²) in [5.74, 6) is 0. The largest absolute Gasteiger partial charge is 0.444 e. The highest BCUT2D eigenvalue weighted by molar-refractivity contribution is 7.89. The summed E-state index contributed by atoms with van der Waals surface area (Å²) < 4.78 is 37.0. The molecule has 9 heteroatoms. The maximum atomic E-state index is 13.3. The normalized spacial score (nSPS) is 20.7. The fourth-order valence-electron chi connectivity index (χ4n) is 5.13. The van der Waals surface area contributed by atoms with Crippen LogP contribution >= 0.6 is 0 Å². The number of benzene rings is 3. The molecule has 3 aromatic carbocycles. The van der Waals surface area contributed by atoms with Crippen LogP contribution in [-0.2, 0) is 14.8 Å². The number of hydrogen-bond donors (Lipinski definition) is 2. The molecule has 1 aliphatic rings. The van der Waals surface area contributed by atoms with E-state index in [1.807, 2.05) is 60.0 Å². The lowest BCUT2D eigenvalue weighted by Gasteiger charge is -2.42. The number of aliphatic hydroxyl groups is 1. The maximum absolute atomic E-state index is 13.3. The van der Waals surface area contributed by atoms with Gasteiger partial charge in [0.2, 0.25) is 10.0 Å². The van der Waals surface area contributed by atoms with Crippen LogP contribution in [0.4, 0.5) is 4.79 Å². The average molecular weight is 536 g/mol. The highest BCUT2D eigenvalue weighted by atomic mass is 32.2. The summed E-state index contributed by atoms with van der Waals surface area (Å²) in [6, 6.07) is 20.7. The van der Waals surface area contributed by atoms with E-state index in [-0.39, 0.29) is 18.0 Å². The molecule has 1 aliphatic heterocycles. The Balaban J connectivity index is 1.59. The first kappa shape index (κ1) is 26.2. The van der Waals surface area contributed by atoms with Crippen molar-refractivity contribution in [3.63, 3.8) is 0 Å². The van der Waals surface area contributed by atoms with Gasteiger partial charge in [-0.1, -0.05) is 54.1 Å². The maximum Gasteiger partial charge on any atom is 0.410 e. The molecule has 0 aliphatic carbocycles. The van der Waals surface area contributed by atoms with Gasteiger partial charge in [-0.15, -0.1) is 0 Å². The van der Waals surface area contributed by atoms with Crippen LogP contribution in [0, 0.1) is 6.92 Å². The van der Waals surface area contributed by atoms with Crippen LogP contribution in [0.3, 0.4) is 0 Å². The molecule has 1 amide bonds. The molecule has 5 rings (SSSR count). The van der Waals surface area contributed by atoms with Crippen molar-refractivity contribution < 1.29 is 23.1 Å². The van der Waals surface area contributed by atoms with Gasteiger partial charge in [-0.2, -0.15) is 0 Å². The molecule has 200 valence electrons. The van der Waals surface area contributed by atoms with E-state index in [0.717, 1.165) is 27.4 Å². The fraction of sp³-hybridized carbons (Fsp3) is 0.345. The van der Waals surface area contributed by atoms with Gasteiger partial charge in [0.05, 0.1) is 23.1 Å². The third-order valence-electron chi connectivity index (χ3n) is 6.87. The minimum atomic E-state index is -3.97. The quantitative estimate of drug-likeness (QED) is 0.398. The first-order chi connectivity index (χ1) is 17.9. The molecule has 1 fully saturated rings. The SMILES string of the molecule is Cc1ccc(S(=O)(=O)N[C@@H]2CN(C(=O)OC(C)(C)C)CC(n3c4ccccc4c4ccccc43)[C@H]2O)cc1. The van der Waals surface area contributed by atoms with E-state index in [9.17, 15) is 18.3 Å². The minimum absolute atomic E-state index is 0.0329. The van der Waals surface area contributed by atoms with Gasteiger partial charge in [-0.05, 0) is 52.0 Å². The molecule has 0 radical (unpaired) electrons. The summed E-state index contributed by atoms with van der Waals surface area (Å²) in [6.07, 6.45) is -1.68. The first-order valence-corrected chi connectivity index (χ1v) is 14.2. The van der Waals surface area contributed by atoms with Crippen LogP contribution in [0.15, 0.2) is 77.7 Å². The van der Waals surface area contributed by atoms with E-state index in [2.05, 4.69) is 4.72 Å². The summed E-state index contributed by atoms with van der Waals surface area (Å²) >= 11 is 0. The molecular formula is C29H33N3O5S. The van der Waals surface area contributed by atoms with Crippen molar-refractivity contribution in [2.75, 3.05) is 13.1 Å². The Morgan fingerprint density at radius 1 is 0.921 bits per heavy atom. The van der Waals surface area contributed by atoms with Crippen molar-refractivity contribution >= 4 is 37.9 Å². The standard InChI is InChI=1S/C29H33N3O5S/c1-19-13-15-20(16-14-19)38(35,36)30-23-17-31(28(34)37-29(2,3)4)18-26(27(23)33)32-24-11-7-5-9-21(24)22-10-6-8-12-25(22)32/h5-16,23,26-27,30,33H,17-18H2,1-4H3/t23-,26?,27+/m1/s1. The Morgan fingerprint density at radius 2 is 1.47 bits per heavy atom. The average Bonchev–Trinajstić information content (AvgIpc) is 3.19. The zero-order chi connectivity index (χ0) is 27.2. The number of ether oxygens (including phenoxy) is 1. The van der Waals surface area contributed by atoms with Crippen LogP contribution in [0.5, 0.6) is 0 Å². The number of sulfonamides is 1. The second-order valence-electron chi connectivity index (χ2n) is 10.9. The molecular weight excluding hydrogens is 502 g/mol. The van der Waals surface area contributed by atoms with Gasteiger partial charge in [0.15, 0.2) is 0 Å². The third kappa shape index (κ3) is 5.01. The molecule has 8 nitrogen and oxygen atoms in total. The molecule has 4 aromatic rings. The number of para-hydroxylation sites is 2. The van der Waals surface area contributed by atoms with Crippen LogP contribution < -0.4 is 4.72 Å². The number of nitrogens with one attached hydrogen (secondary N) is 1. The molecule has 1 aromatic heterocycles. The smallest absolute Gasteiger partial charge is 0.410 e. The number of piperidine rings is 1. The number of carbonyl (C=O) groups is 1. The van der Waals surface area contributed by atoms with Gasteiger partial charge in [-0.3, -0.25) is 0 Å². The van der Waals surface area contributed by atoms with Gasteiger partial charge in [0.25, 0.3) is 0 Å². The molecule has 3 atom stereocenters. The fourth-order valence-corrected chi connectivity index (χ4v) is 6.38. The van der Waals surface area contributed by atoms with E-state index in [1.54, 1.807) is 32.9 Å². The van der Waals surface area contributed by atoms with E-state index in [0.29, 0.717) is 0 Å². The zero-order valence-electron chi connectivity index (χ0n) is 22.0. The topological polar surface area (TPSA) is 101 Å². The van der Waals surface area contributed by atoms with Crippen LogP contribution in [0.2, 0.25) is 0 Å². The van der Waals surface area contributed by atoms with Gasteiger partial charge < -0.3 is 19.3 Å². The number of hydrogen-bond acceptors (Lipinski definition) is 5. The van der Waals surface area contributed by atoms with Crippen molar-refractivity contribution in [3.8, 4) is 0 Å². The number of fused-ring (bicyclic) bond motifs is 3. The van der Waals surface area contributed by atoms with Gasteiger partial charge >= 0.3 is 6.09 Å². The molecule has 0 saturated carbocycles. The molecule has 2 N–H and O–H groups in total. The van der Waals surface area contributed by atoms with Crippen LogP contribution in [0.1, 0.15) is 32.4 Å². The van der Waals surface area contributed by atoms with Gasteiger partial charge in [-0.25, -0.2) is 17.9 Å². The van der Waals surface area contributed by atoms with E-state index < -0.39 is 39.9 Å². The summed E-state index contributed by atoms with van der Waals surface area (Å²) in [4.78, 5) is 14.8. The van der Waals surface area contributed by atoms with Crippen molar-refractivity contribution in [1.29, 1.82) is 0 Å². The number of amides is 1. The van der Waals surface area contributed by atoms with Crippen molar-refractivity contribution in [1.82, 2.24) is 14.2 Å². The lowest BCUT2D eigenvalue weighted by atomic mass is 9.97. The lowest BCUT2D eigenvalue weighted by molar-refractivity contribution is -0.0147. The second-order valence-corrected chi connectivity index (χ2v) is 12.6. The van der Waals surface area contributed by atoms with Crippen molar-refractivity contribution in [2.45, 2.75) is 56.4 Å². The number of likely N-dealkylation sites (tertiary alicyclic amines) is 1. The predicted octanol–water partition coefficient (Wildman–Crippen LogP) is 4.60. The number of nitrogens with zero attached hydrogens (tertiary/aromatic N) is 2. The van der Waals surface area contributed by atoms with Crippen LogP contribution in [-0.4, -0.2) is 59.9 Å². The number of aliphatic hydroxyl groups excluding tert-OH is 1. The summed E-state index contributed by atoms with van der Waals surface area (Å²) in [6.45, 7) is 7.35. The minimum Gasteiger partial charge on any atom is -0.444 e. The van der Waals surface area contributed by atoms with Gasteiger partial charge in [0.1, 0.15) is 5.60 Å². The lowest BCUT2D eigenvalue weighted by Crippen LogP contribution is -2.60. The highest BCUT2D eigenvalue weighted by Gasteiger charge is 2.42. The van der Waals surface area contributed by atoms with Crippen molar-refractivity contribution in [3.05, 3.63) is 78.4 Å². The summed E-state index contributed by atoms with van der Waals surface area (Å²) in [5, 5.41) is 13.7. The van der Waals surface area contributed by atoms with E-state index >= 15 is 0 Å². The predicted molar refractivity (Wildman–Crippen MR) is 148 cm³/mol. The monoisotopic (exact) mass is 535 g/mol. The summed E-state index contributed by atoms with van der Waals surface area (Å²) in [5.41, 5.74) is 1.99. The Labute approximate surface area is 222 Å².